The maximum Gasteiger partial charge on any atom is 0.303 e. The summed E-state index contributed by atoms with van der Waals surface area (Å²) in [6.07, 6.45) is 4.10. The molecule has 0 heterocycles. The van der Waals surface area contributed by atoms with E-state index < -0.39 is 64.5 Å². The average molecular weight is 641 g/mol. The minimum absolute atomic E-state index is 0.00549. The first-order valence-corrected chi connectivity index (χ1v) is 17.1. The first-order chi connectivity index (χ1) is 21.3. The van der Waals surface area contributed by atoms with Gasteiger partial charge >= 0.3 is 23.9 Å². The summed E-state index contributed by atoms with van der Waals surface area (Å²) >= 11 is 0. The van der Waals surface area contributed by atoms with Crippen LogP contribution in [0.2, 0.25) is 0 Å². The van der Waals surface area contributed by atoms with Crippen LogP contribution in [-0.2, 0) is 38.1 Å². The Kier molecular flexibility index (Phi) is 10.1. The molecule has 46 heavy (non-hydrogen) atoms. The number of fused-ring (bicyclic) bond motifs is 4. The summed E-state index contributed by atoms with van der Waals surface area (Å²) in [4.78, 5) is 50.5. The lowest BCUT2D eigenvalue weighted by Crippen LogP contribution is -2.64. The highest BCUT2D eigenvalue weighted by Crippen LogP contribution is 2.68. The van der Waals surface area contributed by atoms with Crippen molar-refractivity contribution in [2.24, 2.45) is 39.9 Å². The molecule has 4 rings (SSSR count). The van der Waals surface area contributed by atoms with Gasteiger partial charge in [-0.2, -0.15) is 0 Å². The highest BCUT2D eigenvalue weighted by molar-refractivity contribution is 5.70. The summed E-state index contributed by atoms with van der Waals surface area (Å²) < 4.78 is 24.4. The fourth-order valence-corrected chi connectivity index (χ4v) is 10.00. The lowest BCUT2D eigenvalue weighted by molar-refractivity contribution is -0.208. The Morgan fingerprint density at radius 2 is 1.43 bits per heavy atom. The molecule has 8 nitrogen and oxygen atoms in total. The molecular formula is C38H56O8. The van der Waals surface area contributed by atoms with Crippen molar-refractivity contribution in [2.75, 3.05) is 0 Å². The van der Waals surface area contributed by atoms with Gasteiger partial charge in [0, 0.05) is 38.5 Å². The molecule has 0 bridgehead atoms. The van der Waals surface area contributed by atoms with Gasteiger partial charge in [-0.3, -0.25) is 19.2 Å². The van der Waals surface area contributed by atoms with Crippen molar-refractivity contribution in [1.29, 1.82) is 0 Å². The van der Waals surface area contributed by atoms with Gasteiger partial charge in [-0.25, -0.2) is 0 Å². The molecule has 8 heteroatoms. The maximum absolute atomic E-state index is 12.9. The summed E-state index contributed by atoms with van der Waals surface area (Å²) in [5.74, 6) is -0.885. The molecule has 0 spiro atoms. The van der Waals surface area contributed by atoms with Gasteiger partial charge in [-0.15, -0.1) is 0 Å². The number of hydrogen-bond acceptors (Lipinski definition) is 8. The second-order valence-corrected chi connectivity index (χ2v) is 15.7. The topological polar surface area (TPSA) is 105 Å². The number of carbonyl (C=O) groups excluding carboxylic acids is 4. The molecule has 1 fully saturated rings. The maximum atomic E-state index is 12.9. The molecule has 0 amide bonds. The van der Waals surface area contributed by atoms with Gasteiger partial charge in [0.15, 0.2) is 12.2 Å². The zero-order valence-electron chi connectivity index (χ0n) is 29.9. The van der Waals surface area contributed by atoms with E-state index in [1.54, 1.807) is 0 Å². The second kappa shape index (κ2) is 13.0. The van der Waals surface area contributed by atoms with E-state index in [-0.39, 0.29) is 11.8 Å². The average Bonchev–Trinajstić information content (AvgIpc) is 3.28. The summed E-state index contributed by atoms with van der Waals surface area (Å²) in [6, 6.07) is 0. The van der Waals surface area contributed by atoms with Crippen molar-refractivity contribution in [1.82, 2.24) is 0 Å². The molecule has 0 N–H and O–H groups in total. The van der Waals surface area contributed by atoms with Crippen molar-refractivity contribution >= 4 is 23.9 Å². The lowest BCUT2D eigenvalue weighted by atomic mass is 9.45. The van der Waals surface area contributed by atoms with Crippen LogP contribution in [0.3, 0.4) is 0 Å². The van der Waals surface area contributed by atoms with Gasteiger partial charge in [-0.1, -0.05) is 66.7 Å². The molecule has 4 aliphatic carbocycles. The van der Waals surface area contributed by atoms with Gasteiger partial charge in [-0.05, 0) is 84.3 Å². The van der Waals surface area contributed by atoms with E-state index >= 15 is 0 Å². The smallest absolute Gasteiger partial charge is 0.303 e. The predicted molar refractivity (Wildman–Crippen MR) is 175 cm³/mol. The third kappa shape index (κ3) is 6.22. The van der Waals surface area contributed by atoms with E-state index in [4.69, 9.17) is 18.9 Å². The first-order valence-electron chi connectivity index (χ1n) is 17.1. The molecule has 0 aromatic heterocycles. The highest BCUT2D eigenvalue weighted by atomic mass is 16.6. The molecule has 256 valence electrons. The predicted octanol–water partition coefficient (Wildman–Crippen LogP) is 7.45. The molecule has 0 aliphatic heterocycles. The highest BCUT2D eigenvalue weighted by Gasteiger charge is 2.67. The number of carbonyl (C=O) groups is 4. The Labute approximate surface area is 275 Å². The Hall–Kier alpha value is -2.90. The Morgan fingerprint density at radius 1 is 0.870 bits per heavy atom. The molecule has 0 saturated heterocycles. The fourth-order valence-electron chi connectivity index (χ4n) is 10.00. The Balaban J connectivity index is 1.90. The molecule has 0 aromatic rings. The first kappa shape index (κ1) is 35.9. The summed E-state index contributed by atoms with van der Waals surface area (Å²) in [6.45, 7) is 25.0. The molecule has 0 aromatic carbocycles. The molecule has 4 aliphatic rings. The van der Waals surface area contributed by atoms with Gasteiger partial charge in [0.05, 0.1) is 0 Å². The molecule has 0 radical (unpaired) electrons. The van der Waals surface area contributed by atoms with Crippen molar-refractivity contribution in [2.45, 2.75) is 139 Å². The third-order valence-electron chi connectivity index (χ3n) is 12.0. The van der Waals surface area contributed by atoms with Crippen LogP contribution in [0.4, 0.5) is 0 Å². The van der Waals surface area contributed by atoms with E-state index in [9.17, 15) is 19.2 Å². The van der Waals surface area contributed by atoms with Crippen LogP contribution < -0.4 is 0 Å². The number of hydrogen-bond donors (Lipinski definition) is 0. The van der Waals surface area contributed by atoms with Crippen LogP contribution in [0, 0.1) is 39.9 Å². The van der Waals surface area contributed by atoms with Crippen LogP contribution >= 0.6 is 0 Å². The van der Waals surface area contributed by atoms with Crippen molar-refractivity contribution in [3.05, 3.63) is 34.9 Å². The van der Waals surface area contributed by atoms with Crippen molar-refractivity contribution in [3.8, 4) is 0 Å². The molecule has 3 unspecified atom stereocenters. The summed E-state index contributed by atoms with van der Waals surface area (Å²) in [5.41, 5.74) is 2.74. The minimum Gasteiger partial charge on any atom is -0.459 e. The number of allylic oxidation sites excluding steroid dienone is 3. The van der Waals surface area contributed by atoms with Crippen LogP contribution in [0.25, 0.3) is 0 Å². The van der Waals surface area contributed by atoms with Crippen molar-refractivity contribution < 1.29 is 38.1 Å². The number of ether oxygens (including phenoxy) is 4. The van der Waals surface area contributed by atoms with Gasteiger partial charge in [0.1, 0.15) is 12.2 Å². The monoisotopic (exact) mass is 640 g/mol. The molecule has 1 saturated carbocycles. The zero-order chi connectivity index (χ0) is 34.5. The van der Waals surface area contributed by atoms with E-state index in [1.165, 1.54) is 44.4 Å². The molecular weight excluding hydrogens is 584 g/mol. The number of esters is 4. The van der Waals surface area contributed by atoms with Gasteiger partial charge in [0.25, 0.3) is 0 Å². The Morgan fingerprint density at radius 3 is 1.98 bits per heavy atom. The quantitative estimate of drug-likeness (QED) is 0.145. The zero-order valence-corrected chi connectivity index (χ0v) is 29.9. The molecule has 9 atom stereocenters. The van der Waals surface area contributed by atoms with E-state index in [0.717, 1.165) is 37.7 Å². The van der Waals surface area contributed by atoms with Crippen molar-refractivity contribution in [3.63, 3.8) is 0 Å². The van der Waals surface area contributed by atoms with Gasteiger partial charge < -0.3 is 18.9 Å². The largest absolute Gasteiger partial charge is 0.459 e. The SMILES string of the molecule is C=C(CC[C@@H](C)[C@H]1CC=C2C3=C([C@@H](OC(C)=O)[C@H](OC(C)=O)C21C)C1(C)C[C@@H](OC(C)=O)[C@H](OC(C)=O)C(C)(C)C1CC3)C(C)C. The summed E-state index contributed by atoms with van der Waals surface area (Å²) in [5, 5.41) is 0. The normalized spacial score (nSPS) is 35.2. The lowest BCUT2D eigenvalue weighted by Gasteiger charge is -2.62. The standard InChI is InChI=1S/C38H56O8/c1-20(2)21(3)13-14-22(4)28-16-17-29-27-15-18-31-36(9,10)34(45-25(7)41)30(43-23(5)39)19-37(31,11)32(27)33(44-24(6)40)35(38(28,29)12)46-26(8)42/h17,20,22,28,30-31,33-35H,3,13-16,18-19H2,1-2,4-12H3/t22-,28-,30-,31?,33-,34+,35+,37?,38?/m1/s1. The second-order valence-electron chi connectivity index (χ2n) is 15.7. The van der Waals surface area contributed by atoms with Crippen LogP contribution in [0.5, 0.6) is 0 Å². The number of rotatable bonds is 9. The van der Waals surface area contributed by atoms with E-state index in [2.05, 4.69) is 61.1 Å². The van der Waals surface area contributed by atoms with E-state index in [1.807, 2.05) is 0 Å². The Bertz CT molecular complexity index is 1340. The fraction of sp³-hybridized carbons (Fsp3) is 0.737. The minimum atomic E-state index is -0.816. The van der Waals surface area contributed by atoms with Crippen LogP contribution in [0.1, 0.15) is 115 Å². The van der Waals surface area contributed by atoms with E-state index in [0.29, 0.717) is 18.3 Å². The third-order valence-corrected chi connectivity index (χ3v) is 12.0. The van der Waals surface area contributed by atoms with Crippen LogP contribution in [0.15, 0.2) is 34.9 Å². The van der Waals surface area contributed by atoms with Gasteiger partial charge in [0.2, 0.25) is 0 Å². The van der Waals surface area contributed by atoms with Crippen LogP contribution in [-0.4, -0.2) is 48.3 Å². The summed E-state index contributed by atoms with van der Waals surface area (Å²) in [7, 11) is 0.